The number of amides is 1. The van der Waals surface area contributed by atoms with Crippen molar-refractivity contribution in [3.05, 3.63) is 54.4 Å². The fourth-order valence-electron chi connectivity index (χ4n) is 3.34. The lowest BCUT2D eigenvalue weighted by Crippen LogP contribution is -2.55. The molecule has 2 aliphatic rings. The van der Waals surface area contributed by atoms with Crippen LogP contribution in [-0.4, -0.2) is 46.6 Å². The van der Waals surface area contributed by atoms with Crippen LogP contribution in [0, 0.1) is 0 Å². The van der Waals surface area contributed by atoms with Gasteiger partial charge in [-0.05, 0) is 24.3 Å². The largest absolute Gasteiger partial charge is 0.485 e. The quantitative estimate of drug-likeness (QED) is 0.780. The van der Waals surface area contributed by atoms with E-state index in [1.54, 1.807) is 4.90 Å². The molecular formula is C19H17N3O3. The number of hydrogen-bond donors (Lipinski definition) is 1. The Morgan fingerprint density at radius 3 is 2.68 bits per heavy atom. The predicted molar refractivity (Wildman–Crippen MR) is 91.8 cm³/mol. The molecular weight excluding hydrogens is 318 g/mol. The number of carbonyl (C=O) groups is 1. The molecule has 0 aliphatic carbocycles. The van der Waals surface area contributed by atoms with Gasteiger partial charge in [0, 0.05) is 13.1 Å². The van der Waals surface area contributed by atoms with E-state index in [1.165, 1.54) is 0 Å². The SMILES string of the molecule is O=C(C1COc2ccccc2O1)N1CC(c2nc3ccccc3[nH]2)C1. The van der Waals surface area contributed by atoms with Crippen LogP contribution in [0.15, 0.2) is 48.5 Å². The van der Waals surface area contributed by atoms with E-state index in [-0.39, 0.29) is 18.4 Å². The molecule has 0 radical (unpaired) electrons. The van der Waals surface area contributed by atoms with Crippen molar-refractivity contribution in [1.29, 1.82) is 0 Å². The van der Waals surface area contributed by atoms with E-state index in [0.29, 0.717) is 24.6 Å². The third kappa shape index (κ3) is 2.41. The van der Waals surface area contributed by atoms with E-state index in [0.717, 1.165) is 16.9 Å². The summed E-state index contributed by atoms with van der Waals surface area (Å²) < 4.78 is 11.4. The second kappa shape index (κ2) is 5.51. The number of nitrogens with one attached hydrogen (secondary N) is 1. The summed E-state index contributed by atoms with van der Waals surface area (Å²) in [4.78, 5) is 22.4. The monoisotopic (exact) mass is 335 g/mol. The summed E-state index contributed by atoms with van der Waals surface area (Å²) in [5.41, 5.74) is 1.99. The van der Waals surface area contributed by atoms with Crippen LogP contribution in [0.25, 0.3) is 11.0 Å². The van der Waals surface area contributed by atoms with Gasteiger partial charge in [0.25, 0.3) is 5.91 Å². The second-order valence-corrected chi connectivity index (χ2v) is 6.44. The number of H-pyrrole nitrogens is 1. The lowest BCUT2D eigenvalue weighted by molar-refractivity contribution is -0.145. The van der Waals surface area contributed by atoms with Gasteiger partial charge in [-0.2, -0.15) is 0 Å². The predicted octanol–water partition coefficient (Wildman–Crippen LogP) is 2.33. The van der Waals surface area contributed by atoms with Crippen molar-refractivity contribution in [2.24, 2.45) is 0 Å². The third-order valence-electron chi connectivity index (χ3n) is 4.77. The van der Waals surface area contributed by atoms with Crippen LogP contribution in [-0.2, 0) is 4.79 Å². The van der Waals surface area contributed by atoms with Gasteiger partial charge in [-0.1, -0.05) is 24.3 Å². The summed E-state index contributed by atoms with van der Waals surface area (Å²) in [7, 11) is 0. The highest BCUT2D eigenvalue weighted by atomic mass is 16.6. The van der Waals surface area contributed by atoms with Crippen LogP contribution in [0.4, 0.5) is 0 Å². The molecule has 1 amide bonds. The number of fused-ring (bicyclic) bond motifs is 2. The van der Waals surface area contributed by atoms with Gasteiger partial charge in [0.2, 0.25) is 6.10 Å². The molecule has 0 bridgehead atoms. The molecule has 6 nitrogen and oxygen atoms in total. The third-order valence-corrected chi connectivity index (χ3v) is 4.77. The molecule has 25 heavy (non-hydrogen) atoms. The Morgan fingerprint density at radius 2 is 1.84 bits per heavy atom. The van der Waals surface area contributed by atoms with Gasteiger partial charge in [-0.25, -0.2) is 4.98 Å². The summed E-state index contributed by atoms with van der Waals surface area (Å²) in [6, 6.07) is 15.4. The number of rotatable bonds is 2. The Hall–Kier alpha value is -3.02. The summed E-state index contributed by atoms with van der Waals surface area (Å²) in [6.45, 7) is 1.56. The van der Waals surface area contributed by atoms with Gasteiger partial charge in [0.05, 0.1) is 17.0 Å². The average molecular weight is 335 g/mol. The van der Waals surface area contributed by atoms with Gasteiger partial charge in [0.15, 0.2) is 11.5 Å². The van der Waals surface area contributed by atoms with Crippen LogP contribution in [0.3, 0.4) is 0 Å². The Balaban J connectivity index is 1.25. The lowest BCUT2D eigenvalue weighted by Gasteiger charge is -2.40. The number of benzene rings is 2. The first-order valence-electron chi connectivity index (χ1n) is 8.40. The highest BCUT2D eigenvalue weighted by Crippen LogP contribution is 2.33. The number of carbonyl (C=O) groups excluding carboxylic acids is 1. The molecule has 1 saturated heterocycles. The molecule has 2 aromatic carbocycles. The van der Waals surface area contributed by atoms with Crippen molar-refractivity contribution in [3.63, 3.8) is 0 Å². The number of para-hydroxylation sites is 4. The zero-order chi connectivity index (χ0) is 16.8. The zero-order valence-corrected chi connectivity index (χ0v) is 13.5. The molecule has 0 saturated carbocycles. The fourth-order valence-corrected chi connectivity index (χ4v) is 3.34. The highest BCUT2D eigenvalue weighted by molar-refractivity contribution is 5.83. The maximum atomic E-state index is 12.6. The highest BCUT2D eigenvalue weighted by Gasteiger charge is 2.39. The van der Waals surface area contributed by atoms with Crippen molar-refractivity contribution in [2.75, 3.05) is 19.7 Å². The van der Waals surface area contributed by atoms with Crippen LogP contribution in [0.1, 0.15) is 11.7 Å². The van der Waals surface area contributed by atoms with Gasteiger partial charge in [-0.3, -0.25) is 4.79 Å². The first-order valence-corrected chi connectivity index (χ1v) is 8.40. The number of hydrogen-bond acceptors (Lipinski definition) is 4. The first-order chi connectivity index (χ1) is 12.3. The number of aromatic nitrogens is 2. The van der Waals surface area contributed by atoms with Crippen molar-refractivity contribution in [1.82, 2.24) is 14.9 Å². The standard InChI is InChI=1S/C19H17N3O3/c23-19(17-11-24-15-7-3-4-8-16(15)25-17)22-9-12(10-22)18-20-13-5-1-2-6-14(13)21-18/h1-8,12,17H,9-11H2,(H,20,21). The number of likely N-dealkylation sites (tertiary alicyclic amines) is 1. The lowest BCUT2D eigenvalue weighted by atomic mass is 9.98. The number of nitrogens with zero attached hydrogens (tertiary/aromatic N) is 2. The van der Waals surface area contributed by atoms with Crippen molar-refractivity contribution in [2.45, 2.75) is 12.0 Å². The molecule has 1 fully saturated rings. The van der Waals surface area contributed by atoms with Crippen LogP contribution >= 0.6 is 0 Å². The molecule has 126 valence electrons. The van der Waals surface area contributed by atoms with E-state index >= 15 is 0 Å². The average Bonchev–Trinajstić information content (AvgIpc) is 3.03. The Morgan fingerprint density at radius 1 is 1.08 bits per heavy atom. The van der Waals surface area contributed by atoms with Gasteiger partial charge < -0.3 is 19.4 Å². The molecule has 3 aromatic rings. The van der Waals surface area contributed by atoms with Crippen LogP contribution in [0.2, 0.25) is 0 Å². The maximum Gasteiger partial charge on any atom is 0.267 e. The number of imidazole rings is 1. The smallest absolute Gasteiger partial charge is 0.267 e. The molecule has 3 heterocycles. The summed E-state index contributed by atoms with van der Waals surface area (Å²) in [5.74, 6) is 2.48. The Bertz CT molecular complexity index is 913. The van der Waals surface area contributed by atoms with Crippen LogP contribution in [0.5, 0.6) is 11.5 Å². The number of aromatic amines is 1. The molecule has 0 spiro atoms. The number of ether oxygens (including phenoxy) is 2. The second-order valence-electron chi connectivity index (χ2n) is 6.44. The Kier molecular flexibility index (Phi) is 3.16. The minimum atomic E-state index is -0.577. The van der Waals surface area contributed by atoms with Gasteiger partial charge in [0.1, 0.15) is 12.4 Å². The minimum absolute atomic E-state index is 0.0261. The van der Waals surface area contributed by atoms with Gasteiger partial charge in [-0.15, -0.1) is 0 Å². The molecule has 6 heteroatoms. The summed E-state index contributed by atoms with van der Waals surface area (Å²) in [6.07, 6.45) is -0.577. The van der Waals surface area contributed by atoms with Crippen LogP contribution < -0.4 is 9.47 Å². The molecule has 1 aromatic heterocycles. The fraction of sp³-hybridized carbons (Fsp3) is 0.263. The minimum Gasteiger partial charge on any atom is -0.485 e. The normalized spacial score (nSPS) is 19.7. The van der Waals surface area contributed by atoms with E-state index in [9.17, 15) is 4.79 Å². The Labute approximate surface area is 144 Å². The molecule has 1 unspecified atom stereocenters. The summed E-state index contributed by atoms with van der Waals surface area (Å²) >= 11 is 0. The van der Waals surface area contributed by atoms with Gasteiger partial charge >= 0.3 is 0 Å². The summed E-state index contributed by atoms with van der Waals surface area (Å²) in [5, 5.41) is 0. The van der Waals surface area contributed by atoms with E-state index in [1.807, 2.05) is 48.5 Å². The topological polar surface area (TPSA) is 67.5 Å². The molecule has 1 atom stereocenters. The van der Waals surface area contributed by atoms with Crippen molar-refractivity contribution in [3.8, 4) is 11.5 Å². The first kappa shape index (κ1) is 14.3. The maximum absolute atomic E-state index is 12.6. The van der Waals surface area contributed by atoms with E-state index in [4.69, 9.17) is 9.47 Å². The van der Waals surface area contributed by atoms with E-state index < -0.39 is 6.10 Å². The molecule has 5 rings (SSSR count). The van der Waals surface area contributed by atoms with Crippen molar-refractivity contribution < 1.29 is 14.3 Å². The van der Waals surface area contributed by atoms with Crippen molar-refractivity contribution >= 4 is 16.9 Å². The van der Waals surface area contributed by atoms with E-state index in [2.05, 4.69) is 9.97 Å². The molecule has 1 N–H and O–H groups in total. The molecule has 2 aliphatic heterocycles. The zero-order valence-electron chi connectivity index (χ0n) is 13.5.